The Bertz CT molecular complexity index is 736. The van der Waals surface area contributed by atoms with Crippen LogP contribution in [0.25, 0.3) is 0 Å². The van der Waals surface area contributed by atoms with E-state index in [2.05, 4.69) is 52.2 Å². The van der Waals surface area contributed by atoms with Gasteiger partial charge in [-0.3, -0.25) is 4.79 Å². The molecule has 1 fully saturated rings. The molecule has 3 rings (SSSR count). The number of carbonyl (C=O) groups excluding carboxylic acids is 1. The number of aryl methyl sites for hydroxylation is 2. The van der Waals surface area contributed by atoms with Crippen molar-refractivity contribution < 1.29 is 4.79 Å². The molecule has 0 atom stereocenters. The number of aromatic nitrogens is 2. The number of benzene rings is 1. The quantitative estimate of drug-likeness (QED) is 0.928. The summed E-state index contributed by atoms with van der Waals surface area (Å²) in [5, 5.41) is 3.27. The molecule has 1 saturated heterocycles. The Morgan fingerprint density at radius 2 is 1.88 bits per heavy atom. The van der Waals surface area contributed by atoms with Crippen molar-refractivity contribution in [2.24, 2.45) is 0 Å². The van der Waals surface area contributed by atoms with E-state index in [0.717, 1.165) is 44.0 Å². The zero-order valence-electron chi connectivity index (χ0n) is 15.1. The lowest BCUT2D eigenvalue weighted by Gasteiger charge is -2.33. The average Bonchev–Trinajstić information content (AvgIpc) is 2.65. The molecule has 25 heavy (non-hydrogen) atoms. The fourth-order valence-electron chi connectivity index (χ4n) is 2.94. The van der Waals surface area contributed by atoms with Crippen molar-refractivity contribution in [3.63, 3.8) is 0 Å². The molecule has 1 aromatic carbocycles. The van der Waals surface area contributed by atoms with Crippen LogP contribution in [-0.4, -0.2) is 58.4 Å². The molecule has 0 saturated carbocycles. The Morgan fingerprint density at radius 1 is 1.12 bits per heavy atom. The van der Waals surface area contributed by atoms with Crippen molar-refractivity contribution in [1.29, 1.82) is 0 Å². The van der Waals surface area contributed by atoms with Crippen LogP contribution in [0.3, 0.4) is 0 Å². The predicted molar refractivity (Wildman–Crippen MR) is 99.2 cm³/mol. The van der Waals surface area contributed by atoms with Crippen LogP contribution in [0.15, 0.2) is 30.6 Å². The van der Waals surface area contributed by atoms with Crippen molar-refractivity contribution in [3.8, 4) is 0 Å². The van der Waals surface area contributed by atoms with Crippen LogP contribution in [-0.2, 0) is 0 Å². The zero-order valence-corrected chi connectivity index (χ0v) is 15.1. The van der Waals surface area contributed by atoms with Crippen LogP contribution in [0.1, 0.15) is 28.5 Å². The Labute approximate surface area is 148 Å². The molecule has 1 aliphatic rings. The number of likely N-dealkylation sites (N-methyl/N-ethyl adjacent to an activating group) is 1. The van der Waals surface area contributed by atoms with Crippen LogP contribution < -0.4 is 5.32 Å². The standard InChI is InChI=1S/C19H25N5O/c1-4-23-7-9-24(10-8-23)19(25)17-12-21-18(13-20-17)22-16-11-14(2)5-6-15(16)3/h5-6,11-13H,4,7-10H2,1-3H3,(H,21,22). The van der Waals surface area contributed by atoms with Gasteiger partial charge in [0.05, 0.1) is 12.4 Å². The number of hydrogen-bond donors (Lipinski definition) is 1. The third-order valence-corrected chi connectivity index (χ3v) is 4.63. The first kappa shape index (κ1) is 17.4. The van der Waals surface area contributed by atoms with Crippen molar-refractivity contribution in [1.82, 2.24) is 19.8 Å². The minimum absolute atomic E-state index is 0.0402. The highest BCUT2D eigenvalue weighted by molar-refractivity contribution is 5.92. The van der Waals surface area contributed by atoms with Crippen molar-refractivity contribution in [3.05, 3.63) is 47.4 Å². The van der Waals surface area contributed by atoms with E-state index in [1.165, 1.54) is 5.56 Å². The molecular weight excluding hydrogens is 314 g/mol. The van der Waals surface area contributed by atoms with Gasteiger partial charge in [-0.15, -0.1) is 0 Å². The molecule has 1 aromatic heterocycles. The number of carbonyl (C=O) groups is 1. The highest BCUT2D eigenvalue weighted by atomic mass is 16.2. The maximum atomic E-state index is 12.5. The summed E-state index contributed by atoms with van der Waals surface area (Å²) in [6.07, 6.45) is 3.18. The molecule has 2 aromatic rings. The van der Waals surface area contributed by atoms with E-state index in [4.69, 9.17) is 0 Å². The summed E-state index contributed by atoms with van der Waals surface area (Å²) in [6.45, 7) is 10.6. The van der Waals surface area contributed by atoms with Gasteiger partial charge >= 0.3 is 0 Å². The average molecular weight is 339 g/mol. The first-order valence-corrected chi connectivity index (χ1v) is 8.74. The lowest BCUT2D eigenvalue weighted by atomic mass is 10.1. The fraction of sp³-hybridized carbons (Fsp3) is 0.421. The first-order chi connectivity index (χ1) is 12.1. The van der Waals surface area contributed by atoms with Crippen LogP contribution in [0.4, 0.5) is 11.5 Å². The fourth-order valence-corrected chi connectivity index (χ4v) is 2.94. The second-order valence-electron chi connectivity index (χ2n) is 6.46. The van der Waals surface area contributed by atoms with Gasteiger partial charge < -0.3 is 15.1 Å². The van der Waals surface area contributed by atoms with E-state index < -0.39 is 0 Å². The van der Waals surface area contributed by atoms with Crippen LogP contribution in [0.5, 0.6) is 0 Å². The molecule has 0 aliphatic carbocycles. The molecule has 0 spiro atoms. The second-order valence-corrected chi connectivity index (χ2v) is 6.46. The van der Waals surface area contributed by atoms with Gasteiger partial charge in [-0.05, 0) is 37.6 Å². The molecule has 2 heterocycles. The first-order valence-electron chi connectivity index (χ1n) is 8.74. The lowest BCUT2D eigenvalue weighted by molar-refractivity contribution is 0.0637. The summed E-state index contributed by atoms with van der Waals surface area (Å²) in [5.74, 6) is 0.600. The summed E-state index contributed by atoms with van der Waals surface area (Å²) >= 11 is 0. The van der Waals surface area contributed by atoms with Gasteiger partial charge in [0.15, 0.2) is 0 Å². The van der Waals surface area contributed by atoms with Gasteiger partial charge in [0.2, 0.25) is 0 Å². The van der Waals surface area contributed by atoms with Gasteiger partial charge in [0.1, 0.15) is 11.5 Å². The molecule has 0 radical (unpaired) electrons. The number of amides is 1. The van der Waals surface area contributed by atoms with Gasteiger partial charge in [0.25, 0.3) is 5.91 Å². The number of hydrogen-bond acceptors (Lipinski definition) is 5. The van der Waals surface area contributed by atoms with E-state index in [1.807, 2.05) is 11.8 Å². The van der Waals surface area contributed by atoms with Crippen LogP contribution in [0, 0.1) is 13.8 Å². The van der Waals surface area contributed by atoms with E-state index in [-0.39, 0.29) is 5.91 Å². The maximum absolute atomic E-state index is 12.5. The minimum Gasteiger partial charge on any atom is -0.339 e. The molecule has 0 bridgehead atoms. The smallest absolute Gasteiger partial charge is 0.274 e. The minimum atomic E-state index is -0.0402. The Morgan fingerprint density at radius 3 is 2.52 bits per heavy atom. The Kier molecular flexibility index (Phi) is 5.28. The third kappa shape index (κ3) is 4.14. The van der Waals surface area contributed by atoms with Crippen molar-refractivity contribution >= 4 is 17.4 Å². The molecule has 6 nitrogen and oxygen atoms in total. The molecule has 1 N–H and O–H groups in total. The zero-order chi connectivity index (χ0) is 17.8. The van der Waals surface area contributed by atoms with Gasteiger partial charge in [-0.1, -0.05) is 19.1 Å². The topological polar surface area (TPSA) is 61.4 Å². The largest absolute Gasteiger partial charge is 0.339 e. The summed E-state index contributed by atoms with van der Waals surface area (Å²) in [6, 6.07) is 6.22. The third-order valence-electron chi connectivity index (χ3n) is 4.63. The van der Waals surface area contributed by atoms with E-state index in [0.29, 0.717) is 11.5 Å². The number of nitrogens with one attached hydrogen (secondary N) is 1. The van der Waals surface area contributed by atoms with E-state index in [9.17, 15) is 4.79 Å². The van der Waals surface area contributed by atoms with Gasteiger partial charge in [-0.25, -0.2) is 9.97 Å². The van der Waals surface area contributed by atoms with E-state index >= 15 is 0 Å². The van der Waals surface area contributed by atoms with Crippen molar-refractivity contribution in [2.45, 2.75) is 20.8 Å². The molecule has 0 unspecified atom stereocenters. The summed E-state index contributed by atoms with van der Waals surface area (Å²) in [4.78, 5) is 25.4. The van der Waals surface area contributed by atoms with Crippen LogP contribution in [0.2, 0.25) is 0 Å². The number of rotatable bonds is 4. The van der Waals surface area contributed by atoms with Gasteiger partial charge in [-0.2, -0.15) is 0 Å². The summed E-state index contributed by atoms with van der Waals surface area (Å²) in [5.41, 5.74) is 3.72. The SMILES string of the molecule is CCN1CCN(C(=O)c2cnc(Nc3cc(C)ccc3C)cn2)CC1. The van der Waals surface area contributed by atoms with E-state index in [1.54, 1.807) is 12.4 Å². The molecule has 6 heteroatoms. The van der Waals surface area contributed by atoms with Crippen molar-refractivity contribution in [2.75, 3.05) is 38.0 Å². The highest BCUT2D eigenvalue weighted by Gasteiger charge is 2.22. The Balaban J connectivity index is 1.66. The number of nitrogens with zero attached hydrogens (tertiary/aromatic N) is 4. The normalized spacial score (nSPS) is 15.2. The summed E-state index contributed by atoms with van der Waals surface area (Å²) in [7, 11) is 0. The number of anilines is 2. The monoisotopic (exact) mass is 339 g/mol. The maximum Gasteiger partial charge on any atom is 0.274 e. The highest BCUT2D eigenvalue weighted by Crippen LogP contribution is 2.20. The predicted octanol–water partition coefficient (Wildman–Crippen LogP) is 2.61. The number of piperazine rings is 1. The second kappa shape index (κ2) is 7.61. The summed E-state index contributed by atoms with van der Waals surface area (Å²) < 4.78 is 0. The Hall–Kier alpha value is -2.47. The lowest BCUT2D eigenvalue weighted by Crippen LogP contribution is -2.48. The molecule has 1 amide bonds. The molecule has 132 valence electrons. The molecular formula is C19H25N5O. The molecule has 1 aliphatic heterocycles. The van der Waals surface area contributed by atoms with Gasteiger partial charge in [0, 0.05) is 31.9 Å². The van der Waals surface area contributed by atoms with Crippen LogP contribution >= 0.6 is 0 Å².